The Hall–Kier alpha value is -3.84. The summed E-state index contributed by atoms with van der Waals surface area (Å²) in [6, 6.07) is 34.4. The second kappa shape index (κ2) is 10.7. The maximum absolute atomic E-state index is 2.36. The minimum atomic E-state index is 0.888. The number of para-hydroxylation sites is 2. The SMILES string of the molecule is C/C=C\C1=C(N(c2ccccc2)c2ccccc2)C=Cc2ccc3ccccc3c2C1.CC. The zero-order valence-electron chi connectivity index (χ0n) is 19.7. The maximum atomic E-state index is 2.36. The van der Waals surface area contributed by atoms with Crippen LogP contribution in [0.1, 0.15) is 31.9 Å². The third-order valence-electron chi connectivity index (χ3n) is 5.83. The lowest BCUT2D eigenvalue weighted by Gasteiger charge is -2.28. The molecular weight excluding hydrogens is 398 g/mol. The number of nitrogens with zero attached hydrogens (tertiary/aromatic N) is 1. The molecule has 0 fully saturated rings. The van der Waals surface area contributed by atoms with Crippen molar-refractivity contribution in [3.63, 3.8) is 0 Å². The van der Waals surface area contributed by atoms with Gasteiger partial charge in [-0.25, -0.2) is 0 Å². The van der Waals surface area contributed by atoms with Crippen LogP contribution in [-0.4, -0.2) is 0 Å². The van der Waals surface area contributed by atoms with Crippen LogP contribution in [0.5, 0.6) is 0 Å². The van der Waals surface area contributed by atoms with Gasteiger partial charge in [0.25, 0.3) is 0 Å². The molecule has 0 N–H and O–H groups in total. The molecule has 0 saturated heterocycles. The predicted octanol–water partition coefficient (Wildman–Crippen LogP) is 9.10. The van der Waals surface area contributed by atoms with E-state index in [0.717, 1.165) is 17.8 Å². The molecule has 0 atom stereocenters. The van der Waals surface area contributed by atoms with Gasteiger partial charge < -0.3 is 4.90 Å². The highest BCUT2D eigenvalue weighted by Gasteiger charge is 2.20. The molecule has 0 saturated carbocycles. The lowest BCUT2D eigenvalue weighted by molar-refractivity contribution is 1.12. The van der Waals surface area contributed by atoms with E-state index in [1.165, 1.54) is 33.2 Å². The molecule has 0 aliphatic heterocycles. The van der Waals surface area contributed by atoms with E-state index in [4.69, 9.17) is 0 Å². The van der Waals surface area contributed by atoms with Crippen LogP contribution in [-0.2, 0) is 6.42 Å². The summed E-state index contributed by atoms with van der Waals surface area (Å²) in [5, 5.41) is 2.62. The van der Waals surface area contributed by atoms with Gasteiger partial charge in [0.1, 0.15) is 0 Å². The fourth-order valence-corrected chi connectivity index (χ4v) is 4.41. The van der Waals surface area contributed by atoms with Gasteiger partial charge in [-0.1, -0.05) is 105 Å². The zero-order valence-corrected chi connectivity index (χ0v) is 19.7. The summed E-state index contributed by atoms with van der Waals surface area (Å²) in [6.07, 6.45) is 9.84. The summed E-state index contributed by atoms with van der Waals surface area (Å²) in [5.74, 6) is 0. The first-order valence-corrected chi connectivity index (χ1v) is 11.8. The number of anilines is 2. The number of fused-ring (bicyclic) bond motifs is 3. The third kappa shape index (κ3) is 4.68. The fourth-order valence-electron chi connectivity index (χ4n) is 4.41. The molecule has 0 bridgehead atoms. The van der Waals surface area contributed by atoms with Gasteiger partial charge in [0.05, 0.1) is 0 Å². The van der Waals surface area contributed by atoms with Crippen molar-refractivity contribution in [2.75, 3.05) is 4.90 Å². The molecule has 1 aliphatic rings. The average Bonchev–Trinajstić information content (AvgIpc) is 3.07. The Balaban J connectivity index is 0.00000126. The Labute approximate surface area is 198 Å². The summed E-state index contributed by atoms with van der Waals surface area (Å²) in [5.41, 5.74) is 7.50. The van der Waals surface area contributed by atoms with E-state index in [9.17, 15) is 0 Å². The van der Waals surface area contributed by atoms with Crippen molar-refractivity contribution in [2.45, 2.75) is 27.2 Å². The fraction of sp³-hybridized carbons (Fsp3) is 0.125. The van der Waals surface area contributed by atoms with Gasteiger partial charge >= 0.3 is 0 Å². The van der Waals surface area contributed by atoms with Crippen LogP contribution in [0.3, 0.4) is 0 Å². The van der Waals surface area contributed by atoms with Crippen LogP contribution >= 0.6 is 0 Å². The van der Waals surface area contributed by atoms with Gasteiger partial charge in [-0.3, -0.25) is 0 Å². The molecule has 164 valence electrons. The van der Waals surface area contributed by atoms with Gasteiger partial charge in [-0.2, -0.15) is 0 Å². The Morgan fingerprint density at radius 3 is 1.91 bits per heavy atom. The highest BCUT2D eigenvalue weighted by Crippen LogP contribution is 2.36. The van der Waals surface area contributed by atoms with Crippen molar-refractivity contribution in [3.8, 4) is 0 Å². The van der Waals surface area contributed by atoms with Crippen molar-refractivity contribution >= 4 is 28.2 Å². The molecule has 0 amide bonds. The van der Waals surface area contributed by atoms with Crippen LogP contribution in [0, 0.1) is 0 Å². The summed E-state index contributed by atoms with van der Waals surface area (Å²) in [7, 11) is 0. The largest absolute Gasteiger partial charge is 0.310 e. The van der Waals surface area contributed by atoms with Crippen molar-refractivity contribution < 1.29 is 0 Å². The first kappa shape index (κ1) is 22.4. The van der Waals surface area contributed by atoms with Gasteiger partial charge in [0.15, 0.2) is 0 Å². The minimum Gasteiger partial charge on any atom is -0.310 e. The quantitative estimate of drug-likeness (QED) is 0.313. The average molecular weight is 430 g/mol. The number of allylic oxidation sites excluding steroid dienone is 4. The van der Waals surface area contributed by atoms with E-state index in [1.54, 1.807) is 0 Å². The van der Waals surface area contributed by atoms with Gasteiger partial charge in [-0.05, 0) is 64.7 Å². The standard InChI is InChI=1S/C30H25N.C2H6/c1-2-11-25-22-29-24(19-18-23-12-9-10-17-28(23)29)20-21-30(25)31(26-13-5-3-6-14-26)27-15-7-4-8-16-27;1-2/h2-21H,22H2,1H3;1-2H3/b11-2-;. The first-order chi connectivity index (χ1) is 16.3. The summed E-state index contributed by atoms with van der Waals surface area (Å²) in [4.78, 5) is 2.36. The highest BCUT2D eigenvalue weighted by molar-refractivity contribution is 5.90. The van der Waals surface area contributed by atoms with Crippen molar-refractivity contribution in [1.82, 2.24) is 0 Å². The molecule has 0 radical (unpaired) electrons. The lowest BCUT2D eigenvalue weighted by atomic mass is 9.94. The maximum Gasteiger partial charge on any atom is 0.0497 e. The molecule has 1 nitrogen and oxygen atoms in total. The topological polar surface area (TPSA) is 3.24 Å². The molecule has 0 unspecified atom stereocenters. The molecule has 0 aromatic heterocycles. The monoisotopic (exact) mass is 429 g/mol. The summed E-state index contributed by atoms with van der Waals surface area (Å²) < 4.78 is 0. The van der Waals surface area contributed by atoms with Crippen molar-refractivity contribution in [1.29, 1.82) is 0 Å². The smallest absolute Gasteiger partial charge is 0.0497 e. The Kier molecular flexibility index (Phi) is 7.22. The number of hydrogen-bond acceptors (Lipinski definition) is 1. The Morgan fingerprint density at radius 2 is 1.27 bits per heavy atom. The number of benzene rings is 4. The number of hydrogen-bond donors (Lipinski definition) is 0. The second-order valence-corrected chi connectivity index (χ2v) is 7.78. The highest BCUT2D eigenvalue weighted by atomic mass is 15.1. The molecule has 4 aromatic rings. The van der Waals surface area contributed by atoms with Crippen LogP contribution < -0.4 is 4.90 Å². The van der Waals surface area contributed by atoms with Crippen molar-refractivity contribution in [2.24, 2.45) is 0 Å². The van der Waals surface area contributed by atoms with Gasteiger partial charge in [0, 0.05) is 23.5 Å². The zero-order chi connectivity index (χ0) is 23.0. The molecule has 33 heavy (non-hydrogen) atoms. The third-order valence-corrected chi connectivity index (χ3v) is 5.83. The molecule has 0 heterocycles. The lowest BCUT2D eigenvalue weighted by Crippen LogP contribution is -2.17. The Morgan fingerprint density at radius 1 is 0.667 bits per heavy atom. The first-order valence-electron chi connectivity index (χ1n) is 11.8. The molecular formula is C32H31N. The van der Waals surface area contributed by atoms with E-state index in [-0.39, 0.29) is 0 Å². The molecule has 1 aliphatic carbocycles. The van der Waals surface area contributed by atoms with Crippen LogP contribution in [0.25, 0.3) is 16.8 Å². The molecule has 5 rings (SSSR count). The van der Waals surface area contributed by atoms with E-state index in [1.807, 2.05) is 13.8 Å². The predicted molar refractivity (Wildman–Crippen MR) is 145 cm³/mol. The molecule has 0 spiro atoms. The van der Waals surface area contributed by atoms with Gasteiger partial charge in [-0.15, -0.1) is 0 Å². The molecule has 1 heteroatoms. The summed E-state index contributed by atoms with van der Waals surface area (Å²) >= 11 is 0. The van der Waals surface area contributed by atoms with E-state index >= 15 is 0 Å². The summed E-state index contributed by atoms with van der Waals surface area (Å²) in [6.45, 7) is 6.10. The minimum absolute atomic E-state index is 0.888. The molecule has 4 aromatic carbocycles. The normalized spacial score (nSPS) is 12.8. The van der Waals surface area contributed by atoms with Crippen LogP contribution in [0.15, 0.2) is 127 Å². The Bertz CT molecular complexity index is 1250. The van der Waals surface area contributed by atoms with E-state index in [2.05, 4.69) is 133 Å². The van der Waals surface area contributed by atoms with Crippen LogP contribution in [0.4, 0.5) is 11.4 Å². The van der Waals surface area contributed by atoms with E-state index in [0.29, 0.717) is 0 Å². The van der Waals surface area contributed by atoms with Crippen molar-refractivity contribution in [3.05, 3.63) is 138 Å². The van der Waals surface area contributed by atoms with Crippen LogP contribution in [0.2, 0.25) is 0 Å². The van der Waals surface area contributed by atoms with E-state index < -0.39 is 0 Å². The number of rotatable bonds is 4. The van der Waals surface area contributed by atoms with Gasteiger partial charge in [0.2, 0.25) is 0 Å². The second-order valence-electron chi connectivity index (χ2n) is 7.78.